The summed E-state index contributed by atoms with van der Waals surface area (Å²) >= 11 is 0. The summed E-state index contributed by atoms with van der Waals surface area (Å²) in [5.74, 6) is -5.40. The first-order valence-corrected chi connectivity index (χ1v) is 5.75. The number of ether oxygens (including phenoxy) is 1. The first-order chi connectivity index (χ1) is 8.71. The molecule has 4 unspecified atom stereocenters. The lowest BCUT2D eigenvalue weighted by atomic mass is 9.83. The fourth-order valence-electron chi connectivity index (χ4n) is 2.18. The molecule has 0 aromatic carbocycles. The highest BCUT2D eigenvalue weighted by Crippen LogP contribution is 2.34. The number of aliphatic hydroxyl groups excluding tert-OH is 4. The lowest BCUT2D eigenvalue weighted by molar-refractivity contribution is -0.296. The summed E-state index contributed by atoms with van der Waals surface area (Å²) in [5, 5.41) is 55.8. The number of hydrogen-bond acceptors (Lipinski definition) is 8. The number of carboxylic acid groups (broad SMARTS) is 1. The van der Waals surface area contributed by atoms with Crippen LogP contribution in [0.3, 0.4) is 0 Å². The monoisotopic (exact) mass is 281 g/mol. The van der Waals surface area contributed by atoms with Crippen LogP contribution >= 0.6 is 0 Å². The normalized spacial score (nSPS) is 38.7. The Morgan fingerprint density at radius 1 is 1.47 bits per heavy atom. The molecule has 9 heteroatoms. The van der Waals surface area contributed by atoms with E-state index in [1.54, 1.807) is 0 Å². The molecule has 1 aliphatic heterocycles. The molecule has 6 atom stereocenters. The van der Waals surface area contributed by atoms with Crippen LogP contribution in [0.2, 0.25) is 0 Å². The predicted molar refractivity (Wildman–Crippen MR) is 59.5 cm³/mol. The quantitative estimate of drug-likeness (QED) is 0.253. The van der Waals surface area contributed by atoms with E-state index in [1.165, 1.54) is 0 Å². The van der Waals surface area contributed by atoms with E-state index in [-0.39, 0.29) is 6.42 Å². The Bertz CT molecular complexity index is 325. The number of carbonyl (C=O) groups is 1. The second-order valence-electron chi connectivity index (χ2n) is 4.66. The summed E-state index contributed by atoms with van der Waals surface area (Å²) in [7, 11) is 0. The third-order valence-corrected chi connectivity index (χ3v) is 3.15. The molecule has 0 aromatic rings. The Morgan fingerprint density at radius 3 is 2.47 bits per heavy atom. The van der Waals surface area contributed by atoms with Crippen molar-refractivity contribution < 1.29 is 40.2 Å². The summed E-state index contributed by atoms with van der Waals surface area (Å²) in [6, 6.07) is 0. The highest BCUT2D eigenvalue weighted by molar-refractivity contribution is 5.75. The van der Waals surface area contributed by atoms with Gasteiger partial charge in [0.1, 0.15) is 6.23 Å². The van der Waals surface area contributed by atoms with Crippen molar-refractivity contribution in [1.82, 2.24) is 0 Å². The molecule has 0 aromatic heterocycles. The van der Waals surface area contributed by atoms with Gasteiger partial charge in [-0.15, -0.1) is 0 Å². The molecule has 0 spiro atoms. The topological polar surface area (TPSA) is 174 Å². The highest BCUT2D eigenvalue weighted by Gasteiger charge is 2.52. The summed E-state index contributed by atoms with van der Waals surface area (Å²) in [5.41, 5.74) is 5.27. The van der Waals surface area contributed by atoms with Crippen molar-refractivity contribution in [3.63, 3.8) is 0 Å². The van der Waals surface area contributed by atoms with Gasteiger partial charge in [0.2, 0.25) is 0 Å². The van der Waals surface area contributed by atoms with Gasteiger partial charge in [0.25, 0.3) is 5.79 Å². The molecule has 0 amide bonds. The number of aliphatic hydroxyl groups is 5. The largest absolute Gasteiger partial charge is 0.477 e. The van der Waals surface area contributed by atoms with Crippen LogP contribution in [0, 0.1) is 5.92 Å². The van der Waals surface area contributed by atoms with Gasteiger partial charge in [-0.1, -0.05) is 0 Å². The molecule has 0 saturated carbocycles. The fourth-order valence-corrected chi connectivity index (χ4v) is 2.18. The summed E-state index contributed by atoms with van der Waals surface area (Å²) in [4.78, 5) is 10.9. The molecule has 112 valence electrons. The lowest BCUT2D eigenvalue weighted by Crippen LogP contribution is -2.60. The molecule has 1 rings (SSSR count). The SMILES string of the molecule is N[C@@H](O)C1C(O)CC(O)(C(=O)O)OC1C[C@H](O)CO. The van der Waals surface area contributed by atoms with Crippen LogP contribution in [0.15, 0.2) is 0 Å². The maximum atomic E-state index is 10.9. The zero-order chi connectivity index (χ0) is 14.8. The van der Waals surface area contributed by atoms with Crippen LogP contribution in [-0.4, -0.2) is 73.5 Å². The summed E-state index contributed by atoms with van der Waals surface area (Å²) in [6.07, 6.45) is -6.37. The highest BCUT2D eigenvalue weighted by atomic mass is 16.7. The fraction of sp³-hybridized carbons (Fsp3) is 0.900. The Kier molecular flexibility index (Phi) is 5.21. The molecule has 1 fully saturated rings. The van der Waals surface area contributed by atoms with Gasteiger partial charge in [0, 0.05) is 12.8 Å². The number of hydrogen-bond donors (Lipinski definition) is 7. The first kappa shape index (κ1) is 16.2. The molecule has 8 N–H and O–H groups in total. The molecule has 1 saturated heterocycles. The average Bonchev–Trinajstić information content (AvgIpc) is 2.26. The van der Waals surface area contributed by atoms with E-state index in [0.29, 0.717) is 0 Å². The third-order valence-electron chi connectivity index (χ3n) is 3.15. The zero-order valence-electron chi connectivity index (χ0n) is 10.1. The van der Waals surface area contributed by atoms with Gasteiger partial charge in [-0.05, 0) is 0 Å². The predicted octanol–water partition coefficient (Wildman–Crippen LogP) is -3.45. The molecule has 1 aliphatic rings. The minimum absolute atomic E-state index is 0.290. The van der Waals surface area contributed by atoms with Gasteiger partial charge in [-0.25, -0.2) is 4.79 Å². The number of nitrogens with two attached hydrogens (primary N) is 1. The molecule has 0 bridgehead atoms. The summed E-state index contributed by atoms with van der Waals surface area (Å²) in [6.45, 7) is -0.616. The van der Waals surface area contributed by atoms with Crippen LogP contribution < -0.4 is 5.73 Å². The van der Waals surface area contributed by atoms with Crippen molar-refractivity contribution in [2.45, 2.75) is 43.2 Å². The molecular formula is C10H19NO8. The van der Waals surface area contributed by atoms with Gasteiger partial charge in [-0.3, -0.25) is 0 Å². The Hall–Kier alpha value is -0.810. The lowest BCUT2D eigenvalue weighted by Gasteiger charge is -2.43. The second-order valence-corrected chi connectivity index (χ2v) is 4.66. The molecule has 9 nitrogen and oxygen atoms in total. The maximum absolute atomic E-state index is 10.9. The number of aliphatic carboxylic acids is 1. The van der Waals surface area contributed by atoms with Crippen molar-refractivity contribution in [3.8, 4) is 0 Å². The van der Waals surface area contributed by atoms with E-state index in [9.17, 15) is 25.2 Å². The van der Waals surface area contributed by atoms with Gasteiger partial charge in [-0.2, -0.15) is 0 Å². The van der Waals surface area contributed by atoms with Gasteiger partial charge >= 0.3 is 5.97 Å². The number of carboxylic acids is 1. The molecule has 0 aliphatic carbocycles. The molecule has 19 heavy (non-hydrogen) atoms. The minimum Gasteiger partial charge on any atom is -0.477 e. The number of rotatable bonds is 5. The maximum Gasteiger partial charge on any atom is 0.364 e. The van der Waals surface area contributed by atoms with E-state index >= 15 is 0 Å². The molecule has 0 radical (unpaired) electrons. The van der Waals surface area contributed by atoms with E-state index in [0.717, 1.165) is 0 Å². The Morgan fingerprint density at radius 2 is 2.05 bits per heavy atom. The third kappa shape index (κ3) is 3.60. The van der Waals surface area contributed by atoms with Gasteiger partial charge < -0.3 is 41.1 Å². The molecule has 1 heterocycles. The van der Waals surface area contributed by atoms with Crippen LogP contribution in [0.25, 0.3) is 0 Å². The first-order valence-electron chi connectivity index (χ1n) is 5.75. The van der Waals surface area contributed by atoms with E-state index in [1.807, 2.05) is 0 Å². The summed E-state index contributed by atoms with van der Waals surface area (Å²) < 4.78 is 4.94. The van der Waals surface area contributed by atoms with Crippen LogP contribution in [0.1, 0.15) is 12.8 Å². The van der Waals surface area contributed by atoms with Crippen molar-refractivity contribution in [2.24, 2.45) is 11.7 Å². The van der Waals surface area contributed by atoms with Crippen LogP contribution in [-0.2, 0) is 9.53 Å². The van der Waals surface area contributed by atoms with Crippen LogP contribution in [0.5, 0.6) is 0 Å². The Labute approximate surface area is 108 Å². The van der Waals surface area contributed by atoms with Crippen molar-refractivity contribution >= 4 is 5.97 Å². The van der Waals surface area contributed by atoms with Gasteiger partial charge in [0.05, 0.1) is 30.8 Å². The Balaban J connectivity index is 2.93. The van der Waals surface area contributed by atoms with E-state index < -0.39 is 55.2 Å². The van der Waals surface area contributed by atoms with E-state index in [4.69, 9.17) is 20.7 Å². The van der Waals surface area contributed by atoms with Crippen molar-refractivity contribution in [2.75, 3.05) is 6.61 Å². The zero-order valence-corrected chi connectivity index (χ0v) is 10.1. The smallest absolute Gasteiger partial charge is 0.364 e. The van der Waals surface area contributed by atoms with Crippen molar-refractivity contribution in [1.29, 1.82) is 0 Å². The van der Waals surface area contributed by atoms with Crippen LogP contribution in [0.4, 0.5) is 0 Å². The second kappa shape index (κ2) is 6.09. The minimum atomic E-state index is -2.62. The van der Waals surface area contributed by atoms with Gasteiger partial charge in [0.15, 0.2) is 0 Å². The van der Waals surface area contributed by atoms with E-state index in [2.05, 4.69) is 0 Å². The van der Waals surface area contributed by atoms with Crippen molar-refractivity contribution in [3.05, 3.63) is 0 Å². The standard InChI is InChI=1S/C10H19NO8/c11-8(15)7-5(14)2-10(18,9(16)17)19-6(7)1-4(13)3-12/h4-8,12-15,18H,1-3,11H2,(H,16,17)/t4-,5?,6?,7?,8-,10?/m0/s1. The average molecular weight is 281 g/mol. The molecular weight excluding hydrogens is 262 g/mol.